The van der Waals surface area contributed by atoms with E-state index in [0.29, 0.717) is 32.5 Å². The largest absolute Gasteiger partial charge is 0.397 e. The van der Waals surface area contributed by atoms with Gasteiger partial charge in [0, 0.05) is 13.1 Å². The van der Waals surface area contributed by atoms with Gasteiger partial charge in [0.15, 0.2) is 0 Å². The topological polar surface area (TPSA) is 46.3 Å². The van der Waals surface area contributed by atoms with Crippen LogP contribution in [0.1, 0.15) is 26.2 Å². The first-order valence-corrected chi connectivity index (χ1v) is 5.30. The molecule has 0 aromatic rings. The van der Waals surface area contributed by atoms with Crippen molar-refractivity contribution >= 4 is 5.91 Å². The number of nitrogens with two attached hydrogens (primary N) is 1. The Bertz CT molecular complexity index is 257. The van der Waals surface area contributed by atoms with E-state index in [1.165, 1.54) is 4.90 Å². The molecule has 0 saturated carbocycles. The molecule has 6 heteroatoms. The fourth-order valence-corrected chi connectivity index (χ4v) is 1.78. The van der Waals surface area contributed by atoms with E-state index >= 15 is 0 Å². The van der Waals surface area contributed by atoms with Gasteiger partial charge in [-0.3, -0.25) is 4.79 Å². The lowest BCUT2D eigenvalue weighted by Gasteiger charge is -2.38. The standard InChI is InChI=1S/C10H17F3N2O/c1-9(7-14)2-4-15(5-3-9)8(16)6-10(11,12)13/h2-7,14H2,1H3. The van der Waals surface area contributed by atoms with Gasteiger partial charge in [0.1, 0.15) is 6.42 Å². The highest BCUT2D eigenvalue weighted by Gasteiger charge is 2.36. The lowest BCUT2D eigenvalue weighted by Crippen LogP contribution is -2.45. The van der Waals surface area contributed by atoms with Gasteiger partial charge in [-0.1, -0.05) is 6.92 Å². The zero-order valence-electron chi connectivity index (χ0n) is 9.31. The van der Waals surface area contributed by atoms with Crippen LogP contribution in [0, 0.1) is 5.41 Å². The quantitative estimate of drug-likeness (QED) is 0.793. The van der Waals surface area contributed by atoms with Crippen LogP contribution in [0.25, 0.3) is 0 Å². The molecule has 0 bridgehead atoms. The van der Waals surface area contributed by atoms with Crippen LogP contribution < -0.4 is 5.73 Å². The van der Waals surface area contributed by atoms with Crippen LogP contribution in [0.3, 0.4) is 0 Å². The van der Waals surface area contributed by atoms with Crippen LogP contribution in [-0.2, 0) is 4.79 Å². The highest BCUT2D eigenvalue weighted by Crippen LogP contribution is 2.30. The predicted molar refractivity (Wildman–Crippen MR) is 53.6 cm³/mol. The molecule has 0 spiro atoms. The molecule has 0 unspecified atom stereocenters. The lowest BCUT2D eigenvalue weighted by atomic mass is 9.80. The van der Waals surface area contributed by atoms with E-state index in [1.807, 2.05) is 6.92 Å². The van der Waals surface area contributed by atoms with Gasteiger partial charge in [0.05, 0.1) is 0 Å². The molecule has 2 N–H and O–H groups in total. The summed E-state index contributed by atoms with van der Waals surface area (Å²) in [6.07, 6.45) is -4.42. The minimum Gasteiger partial charge on any atom is -0.342 e. The summed E-state index contributed by atoms with van der Waals surface area (Å²) < 4.78 is 36.0. The number of carbonyl (C=O) groups excluding carboxylic acids is 1. The first-order chi connectivity index (χ1) is 7.26. The SMILES string of the molecule is CC1(CN)CCN(C(=O)CC(F)(F)F)CC1. The molecular formula is C10H17F3N2O. The summed E-state index contributed by atoms with van der Waals surface area (Å²) in [7, 11) is 0. The molecule has 3 nitrogen and oxygen atoms in total. The maximum Gasteiger partial charge on any atom is 0.397 e. The van der Waals surface area contributed by atoms with Crippen LogP contribution in [0.4, 0.5) is 13.2 Å². The van der Waals surface area contributed by atoms with Gasteiger partial charge >= 0.3 is 6.18 Å². The number of amides is 1. The van der Waals surface area contributed by atoms with Gasteiger partial charge < -0.3 is 10.6 Å². The number of likely N-dealkylation sites (tertiary alicyclic amines) is 1. The number of nitrogens with zero attached hydrogens (tertiary/aromatic N) is 1. The van der Waals surface area contributed by atoms with Crippen molar-refractivity contribution in [1.29, 1.82) is 0 Å². The molecule has 16 heavy (non-hydrogen) atoms. The van der Waals surface area contributed by atoms with Gasteiger partial charge in [0.25, 0.3) is 0 Å². The van der Waals surface area contributed by atoms with E-state index in [2.05, 4.69) is 0 Å². The average Bonchev–Trinajstić information content (AvgIpc) is 2.16. The van der Waals surface area contributed by atoms with Crippen LogP contribution in [0.15, 0.2) is 0 Å². The van der Waals surface area contributed by atoms with Crippen molar-refractivity contribution in [2.75, 3.05) is 19.6 Å². The molecule has 1 fully saturated rings. The summed E-state index contributed by atoms with van der Waals surface area (Å²) in [5.41, 5.74) is 5.54. The van der Waals surface area contributed by atoms with Gasteiger partial charge in [-0.25, -0.2) is 0 Å². The van der Waals surface area contributed by atoms with Crippen molar-refractivity contribution in [3.63, 3.8) is 0 Å². The lowest BCUT2D eigenvalue weighted by molar-refractivity contribution is -0.162. The molecule has 1 aliphatic heterocycles. The Morgan fingerprint density at radius 3 is 2.25 bits per heavy atom. The number of alkyl halides is 3. The minimum atomic E-state index is -4.41. The maximum absolute atomic E-state index is 12.0. The number of piperidine rings is 1. The summed E-state index contributed by atoms with van der Waals surface area (Å²) in [4.78, 5) is 12.6. The average molecular weight is 238 g/mol. The molecule has 1 rings (SSSR count). The molecular weight excluding hydrogens is 221 g/mol. The van der Waals surface area contributed by atoms with E-state index < -0.39 is 18.5 Å². The van der Waals surface area contributed by atoms with Crippen LogP contribution in [0.5, 0.6) is 0 Å². The Balaban J connectivity index is 2.45. The fourth-order valence-electron chi connectivity index (χ4n) is 1.78. The number of carbonyl (C=O) groups is 1. The third-order valence-corrected chi connectivity index (χ3v) is 3.17. The molecule has 0 aliphatic carbocycles. The Hall–Kier alpha value is -0.780. The number of hydrogen-bond donors (Lipinski definition) is 1. The van der Waals surface area contributed by atoms with E-state index in [4.69, 9.17) is 5.73 Å². The molecule has 1 saturated heterocycles. The third kappa shape index (κ3) is 3.66. The zero-order valence-corrected chi connectivity index (χ0v) is 9.31. The monoisotopic (exact) mass is 238 g/mol. The predicted octanol–water partition coefficient (Wildman–Crippen LogP) is 1.53. The van der Waals surface area contributed by atoms with Crippen molar-refractivity contribution in [1.82, 2.24) is 4.90 Å². The summed E-state index contributed by atoms with van der Waals surface area (Å²) in [5.74, 6) is -0.827. The van der Waals surface area contributed by atoms with Crippen molar-refractivity contribution in [2.45, 2.75) is 32.4 Å². The van der Waals surface area contributed by atoms with Gasteiger partial charge in [-0.05, 0) is 24.8 Å². The molecule has 0 aromatic heterocycles. The zero-order chi connectivity index (χ0) is 12.4. The smallest absolute Gasteiger partial charge is 0.342 e. The number of rotatable bonds is 2. The Kier molecular flexibility index (Phi) is 3.83. The van der Waals surface area contributed by atoms with Gasteiger partial charge in [-0.2, -0.15) is 13.2 Å². The molecule has 0 aromatic carbocycles. The van der Waals surface area contributed by atoms with E-state index in [1.54, 1.807) is 0 Å². The van der Waals surface area contributed by atoms with Crippen molar-refractivity contribution in [3.05, 3.63) is 0 Å². The van der Waals surface area contributed by atoms with E-state index in [0.717, 1.165) is 0 Å². The Morgan fingerprint density at radius 2 is 1.88 bits per heavy atom. The van der Waals surface area contributed by atoms with E-state index in [9.17, 15) is 18.0 Å². The number of halogens is 3. The van der Waals surface area contributed by atoms with Crippen LogP contribution in [0.2, 0.25) is 0 Å². The highest BCUT2D eigenvalue weighted by molar-refractivity contribution is 5.76. The van der Waals surface area contributed by atoms with Crippen LogP contribution >= 0.6 is 0 Å². The minimum absolute atomic E-state index is 0.0327. The number of hydrogen-bond acceptors (Lipinski definition) is 2. The highest BCUT2D eigenvalue weighted by atomic mass is 19.4. The van der Waals surface area contributed by atoms with Crippen molar-refractivity contribution < 1.29 is 18.0 Å². The third-order valence-electron chi connectivity index (χ3n) is 3.17. The summed E-state index contributed by atoms with van der Waals surface area (Å²) in [6.45, 7) is 3.26. The van der Waals surface area contributed by atoms with E-state index in [-0.39, 0.29) is 5.41 Å². The first kappa shape index (κ1) is 13.3. The molecule has 1 aliphatic rings. The molecule has 1 heterocycles. The van der Waals surface area contributed by atoms with Crippen molar-refractivity contribution in [3.8, 4) is 0 Å². The molecule has 0 radical (unpaired) electrons. The summed E-state index contributed by atoms with van der Waals surface area (Å²) >= 11 is 0. The molecule has 1 amide bonds. The second-order valence-electron chi connectivity index (χ2n) is 4.69. The summed E-state index contributed by atoms with van der Waals surface area (Å²) in [6, 6.07) is 0. The van der Waals surface area contributed by atoms with Crippen molar-refractivity contribution in [2.24, 2.45) is 11.1 Å². The molecule has 94 valence electrons. The maximum atomic E-state index is 12.0. The second kappa shape index (κ2) is 4.61. The van der Waals surface area contributed by atoms with Gasteiger partial charge in [-0.15, -0.1) is 0 Å². The Labute approximate surface area is 92.8 Å². The molecule has 0 atom stereocenters. The summed E-state index contributed by atoms with van der Waals surface area (Å²) in [5, 5.41) is 0. The first-order valence-electron chi connectivity index (χ1n) is 5.30. The Morgan fingerprint density at radius 1 is 1.38 bits per heavy atom. The normalized spacial score (nSPS) is 20.9. The van der Waals surface area contributed by atoms with Crippen LogP contribution in [-0.4, -0.2) is 36.6 Å². The van der Waals surface area contributed by atoms with Gasteiger partial charge in [0.2, 0.25) is 5.91 Å². The second-order valence-corrected chi connectivity index (χ2v) is 4.69. The fraction of sp³-hybridized carbons (Fsp3) is 0.900.